The Hall–Kier alpha value is -0.370. The molecule has 21 heavy (non-hydrogen) atoms. The van der Waals surface area contributed by atoms with Gasteiger partial charge < -0.3 is 10.1 Å². The largest absolute Gasteiger partial charge is 0.469 e. The molecular weight excluding hydrogens is 486 g/mol. The summed E-state index contributed by atoms with van der Waals surface area (Å²) in [7, 11) is 1.40. The van der Waals surface area contributed by atoms with Gasteiger partial charge in [0.05, 0.1) is 19.2 Å². The van der Waals surface area contributed by atoms with E-state index >= 15 is 0 Å². The van der Waals surface area contributed by atoms with Crippen LogP contribution in [0.3, 0.4) is 0 Å². The number of thiophene rings is 1. The fourth-order valence-corrected chi connectivity index (χ4v) is 5.20. The van der Waals surface area contributed by atoms with Crippen LogP contribution in [-0.4, -0.2) is 13.1 Å². The van der Waals surface area contributed by atoms with Crippen molar-refractivity contribution in [3.05, 3.63) is 47.4 Å². The van der Waals surface area contributed by atoms with E-state index in [2.05, 4.69) is 57.8 Å². The van der Waals surface area contributed by atoms with E-state index < -0.39 is 0 Å². The Kier molecular flexibility index (Phi) is 6.28. The quantitative estimate of drug-likeness (QED) is 0.565. The molecule has 3 nitrogen and oxygen atoms in total. The highest BCUT2D eigenvalue weighted by Gasteiger charge is 2.09. The van der Waals surface area contributed by atoms with Crippen LogP contribution in [0, 0.1) is 0 Å². The van der Waals surface area contributed by atoms with Gasteiger partial charge in [0, 0.05) is 29.7 Å². The smallest absolute Gasteiger partial charge is 0.310 e. The van der Waals surface area contributed by atoms with Crippen molar-refractivity contribution in [2.24, 2.45) is 0 Å². The molecule has 0 bridgehead atoms. The van der Waals surface area contributed by atoms with E-state index in [0.29, 0.717) is 13.0 Å². The molecule has 0 aliphatic carbocycles. The molecule has 1 heterocycles. The van der Waals surface area contributed by atoms with Gasteiger partial charge in [-0.15, -0.1) is 11.3 Å². The number of carbonyl (C=O) groups excluding carboxylic acids is 1. The standard InChI is InChI=1S/C14H12Br3NO2S/c1-20-13(19)6-9-2-3-10(21-9)7-18-14-11(16)4-8(15)5-12(14)17/h2-5,18H,6-7H2,1H3. The summed E-state index contributed by atoms with van der Waals surface area (Å²) in [6.45, 7) is 0.699. The molecule has 0 fully saturated rings. The molecule has 0 aliphatic rings. The molecule has 7 heteroatoms. The van der Waals surface area contributed by atoms with Gasteiger partial charge in [0.1, 0.15) is 0 Å². The maximum atomic E-state index is 11.2. The SMILES string of the molecule is COC(=O)Cc1ccc(CNc2c(Br)cc(Br)cc2Br)s1. The summed E-state index contributed by atoms with van der Waals surface area (Å²) in [4.78, 5) is 13.4. The van der Waals surface area contributed by atoms with Gasteiger partial charge in [-0.25, -0.2) is 0 Å². The molecule has 0 aliphatic heterocycles. The average molecular weight is 498 g/mol. The van der Waals surface area contributed by atoms with Crippen LogP contribution in [0.4, 0.5) is 5.69 Å². The van der Waals surface area contributed by atoms with Crippen LogP contribution in [0.5, 0.6) is 0 Å². The van der Waals surface area contributed by atoms with E-state index in [1.165, 1.54) is 7.11 Å². The van der Waals surface area contributed by atoms with Crippen LogP contribution in [0.25, 0.3) is 0 Å². The minimum Gasteiger partial charge on any atom is -0.469 e. The molecule has 112 valence electrons. The Labute approximate surface area is 152 Å². The van der Waals surface area contributed by atoms with Crippen LogP contribution < -0.4 is 5.32 Å². The Morgan fingerprint density at radius 3 is 2.43 bits per heavy atom. The lowest BCUT2D eigenvalue weighted by Crippen LogP contribution is -2.02. The summed E-state index contributed by atoms with van der Waals surface area (Å²) in [5.74, 6) is -0.213. The highest BCUT2D eigenvalue weighted by atomic mass is 79.9. The summed E-state index contributed by atoms with van der Waals surface area (Å²) in [6, 6.07) is 7.97. The lowest BCUT2D eigenvalue weighted by molar-refractivity contribution is -0.139. The van der Waals surface area contributed by atoms with Crippen molar-refractivity contribution >= 4 is 70.8 Å². The van der Waals surface area contributed by atoms with Gasteiger partial charge in [0.2, 0.25) is 0 Å². The van der Waals surface area contributed by atoms with Crippen LogP contribution in [-0.2, 0) is 22.5 Å². The van der Waals surface area contributed by atoms with Crippen molar-refractivity contribution in [2.45, 2.75) is 13.0 Å². The average Bonchev–Trinajstić information content (AvgIpc) is 2.85. The number of hydrogen-bond donors (Lipinski definition) is 1. The third-order valence-electron chi connectivity index (χ3n) is 2.71. The Morgan fingerprint density at radius 2 is 1.81 bits per heavy atom. The summed E-state index contributed by atoms with van der Waals surface area (Å²) < 4.78 is 7.64. The molecule has 1 aromatic carbocycles. The van der Waals surface area contributed by atoms with Gasteiger partial charge in [0.15, 0.2) is 0 Å². The van der Waals surface area contributed by atoms with Crippen LogP contribution in [0.2, 0.25) is 0 Å². The zero-order valence-electron chi connectivity index (χ0n) is 11.1. The van der Waals surface area contributed by atoms with Crippen molar-refractivity contribution < 1.29 is 9.53 Å². The number of hydrogen-bond acceptors (Lipinski definition) is 4. The molecular formula is C14H12Br3NO2S. The van der Waals surface area contributed by atoms with Crippen molar-refractivity contribution in [1.29, 1.82) is 0 Å². The number of benzene rings is 1. The zero-order valence-corrected chi connectivity index (χ0v) is 16.7. The molecule has 0 unspecified atom stereocenters. The molecule has 0 saturated heterocycles. The van der Waals surface area contributed by atoms with Gasteiger partial charge in [-0.1, -0.05) is 15.9 Å². The summed E-state index contributed by atoms with van der Waals surface area (Å²) in [6.07, 6.45) is 0.326. The molecule has 0 radical (unpaired) electrons. The van der Waals surface area contributed by atoms with Crippen LogP contribution in [0.1, 0.15) is 9.75 Å². The molecule has 2 rings (SSSR count). The number of nitrogens with one attached hydrogen (secondary N) is 1. The summed E-state index contributed by atoms with van der Waals surface area (Å²) in [5.41, 5.74) is 1.00. The van der Waals surface area contributed by atoms with Crippen molar-refractivity contribution in [2.75, 3.05) is 12.4 Å². The lowest BCUT2D eigenvalue weighted by Gasteiger charge is -2.10. The van der Waals surface area contributed by atoms with Crippen LogP contribution >= 0.6 is 59.1 Å². The topological polar surface area (TPSA) is 38.3 Å². The van der Waals surface area contributed by atoms with E-state index in [1.807, 2.05) is 24.3 Å². The molecule has 0 amide bonds. The lowest BCUT2D eigenvalue weighted by atomic mass is 10.3. The second kappa shape index (κ2) is 7.76. The first-order valence-electron chi connectivity index (χ1n) is 6.02. The maximum absolute atomic E-state index is 11.2. The van der Waals surface area contributed by atoms with E-state index in [9.17, 15) is 4.79 Å². The number of halogens is 3. The first-order chi connectivity index (χ1) is 9.99. The predicted octanol–water partition coefficient (Wildman–Crippen LogP) is 5.36. The van der Waals surface area contributed by atoms with Gasteiger partial charge in [-0.05, 0) is 56.1 Å². The third-order valence-corrected chi connectivity index (χ3v) is 5.50. The fourth-order valence-electron chi connectivity index (χ4n) is 1.71. The molecule has 0 saturated carbocycles. The number of esters is 1. The van der Waals surface area contributed by atoms with Gasteiger partial charge in [-0.2, -0.15) is 0 Å². The molecule has 0 spiro atoms. The van der Waals surface area contributed by atoms with Gasteiger partial charge in [-0.3, -0.25) is 4.79 Å². The number of methoxy groups -OCH3 is 1. The van der Waals surface area contributed by atoms with Crippen molar-refractivity contribution in [1.82, 2.24) is 0 Å². The summed E-state index contributed by atoms with van der Waals surface area (Å²) >= 11 is 12.1. The highest BCUT2D eigenvalue weighted by molar-refractivity contribution is 9.11. The monoisotopic (exact) mass is 495 g/mol. The maximum Gasteiger partial charge on any atom is 0.310 e. The molecule has 0 atom stereocenters. The molecule has 2 aromatic rings. The van der Waals surface area contributed by atoms with E-state index in [4.69, 9.17) is 0 Å². The second-order valence-corrected chi connectivity index (χ2v) is 8.10. The van der Waals surface area contributed by atoms with E-state index in [1.54, 1.807) is 11.3 Å². The molecule has 1 N–H and O–H groups in total. The summed E-state index contributed by atoms with van der Waals surface area (Å²) in [5, 5.41) is 3.39. The first kappa shape index (κ1) is 17.0. The minimum atomic E-state index is -0.213. The zero-order chi connectivity index (χ0) is 15.4. The van der Waals surface area contributed by atoms with Gasteiger partial charge in [0.25, 0.3) is 0 Å². The van der Waals surface area contributed by atoms with E-state index in [-0.39, 0.29) is 5.97 Å². The number of anilines is 1. The first-order valence-corrected chi connectivity index (χ1v) is 9.22. The Morgan fingerprint density at radius 1 is 1.19 bits per heavy atom. The minimum absolute atomic E-state index is 0.213. The number of carbonyl (C=O) groups is 1. The van der Waals surface area contributed by atoms with Crippen molar-refractivity contribution in [3.8, 4) is 0 Å². The number of ether oxygens (including phenoxy) is 1. The highest BCUT2D eigenvalue weighted by Crippen LogP contribution is 2.35. The van der Waals surface area contributed by atoms with Crippen LogP contribution in [0.15, 0.2) is 37.7 Å². The molecule has 1 aromatic heterocycles. The van der Waals surface area contributed by atoms with E-state index in [0.717, 1.165) is 28.9 Å². The Balaban J connectivity index is 2.02. The van der Waals surface area contributed by atoms with Crippen molar-refractivity contribution in [3.63, 3.8) is 0 Å². The Bertz CT molecular complexity index is 634. The normalized spacial score (nSPS) is 10.5. The second-order valence-electron chi connectivity index (χ2n) is 4.22. The fraction of sp³-hybridized carbons (Fsp3) is 0.214. The van der Waals surface area contributed by atoms with Gasteiger partial charge >= 0.3 is 5.97 Å². The number of rotatable bonds is 5. The third kappa shape index (κ3) is 4.81. The predicted molar refractivity (Wildman–Crippen MR) is 96.9 cm³/mol.